The Hall–Kier alpha value is -1.75. The molecule has 4 nitrogen and oxygen atoms in total. The molecule has 100 valence electrons. The minimum Gasteiger partial charge on any atom is -0.479 e. The van der Waals surface area contributed by atoms with Crippen LogP contribution in [0.3, 0.4) is 0 Å². The van der Waals surface area contributed by atoms with Gasteiger partial charge in [-0.3, -0.25) is 0 Å². The maximum atomic E-state index is 5.75. The predicted molar refractivity (Wildman–Crippen MR) is 82.1 cm³/mol. The van der Waals surface area contributed by atoms with E-state index in [0.717, 1.165) is 21.3 Å². The fourth-order valence-electron chi connectivity index (χ4n) is 1.92. The highest BCUT2D eigenvalue weighted by atomic mass is 79.9. The first kappa shape index (κ1) is 13.7. The molecule has 0 unspecified atom stereocenters. The fourth-order valence-corrected chi connectivity index (χ4v) is 2.61. The van der Waals surface area contributed by atoms with Crippen molar-refractivity contribution in [3.05, 3.63) is 39.9 Å². The molecular formula is C14H16BrN3O. The van der Waals surface area contributed by atoms with Crippen LogP contribution in [0.1, 0.15) is 11.1 Å². The zero-order valence-corrected chi connectivity index (χ0v) is 12.7. The highest BCUT2D eigenvalue weighted by molar-refractivity contribution is 9.10. The van der Waals surface area contributed by atoms with Gasteiger partial charge in [0.25, 0.3) is 0 Å². The van der Waals surface area contributed by atoms with Crippen LogP contribution >= 0.6 is 15.9 Å². The second-order valence-electron chi connectivity index (χ2n) is 4.33. The van der Waals surface area contributed by atoms with Crippen LogP contribution < -0.4 is 15.8 Å². The molecule has 5 heteroatoms. The predicted octanol–water partition coefficient (Wildman–Crippen LogP) is 3.80. The number of halogens is 1. The van der Waals surface area contributed by atoms with E-state index >= 15 is 0 Å². The Labute approximate surface area is 121 Å². The first-order valence-electron chi connectivity index (χ1n) is 5.85. The van der Waals surface area contributed by atoms with Crippen molar-refractivity contribution < 1.29 is 4.74 Å². The van der Waals surface area contributed by atoms with E-state index in [-0.39, 0.29) is 0 Å². The average molecular weight is 322 g/mol. The molecule has 0 saturated carbocycles. The number of nitrogens with one attached hydrogen (secondary N) is 1. The van der Waals surface area contributed by atoms with Gasteiger partial charge in [0.1, 0.15) is 5.82 Å². The number of nitrogens with two attached hydrogens (primary N) is 1. The first-order chi connectivity index (χ1) is 9.01. The minimum atomic E-state index is 0.428. The lowest BCUT2D eigenvalue weighted by molar-refractivity contribution is 0.401. The van der Waals surface area contributed by atoms with Gasteiger partial charge in [0.05, 0.1) is 12.8 Å². The van der Waals surface area contributed by atoms with Crippen molar-refractivity contribution in [2.45, 2.75) is 13.8 Å². The van der Waals surface area contributed by atoms with Crippen LogP contribution in [0, 0.1) is 13.8 Å². The number of pyridine rings is 1. The lowest BCUT2D eigenvalue weighted by Crippen LogP contribution is -2.01. The summed E-state index contributed by atoms with van der Waals surface area (Å²) in [5, 5.41) is 3.30. The first-order valence-corrected chi connectivity index (χ1v) is 6.65. The number of aromatic nitrogens is 1. The monoisotopic (exact) mass is 321 g/mol. The Morgan fingerprint density at radius 2 is 1.84 bits per heavy atom. The van der Waals surface area contributed by atoms with Gasteiger partial charge in [-0.1, -0.05) is 15.9 Å². The molecule has 0 bridgehead atoms. The molecule has 0 amide bonds. The topological polar surface area (TPSA) is 60.2 Å². The molecular weight excluding hydrogens is 306 g/mol. The van der Waals surface area contributed by atoms with Gasteiger partial charge < -0.3 is 15.8 Å². The molecule has 0 aliphatic carbocycles. The Morgan fingerprint density at radius 1 is 1.21 bits per heavy atom. The molecule has 0 fully saturated rings. The molecule has 2 aromatic rings. The smallest absolute Gasteiger partial charge is 0.238 e. The van der Waals surface area contributed by atoms with Crippen molar-refractivity contribution in [1.82, 2.24) is 4.98 Å². The SMILES string of the molecule is COc1nc(Nc2c(C)cc(Br)cc2C)ccc1N. The third-order valence-electron chi connectivity index (χ3n) is 2.83. The molecule has 0 aliphatic rings. The number of methoxy groups -OCH3 is 1. The normalized spacial score (nSPS) is 10.3. The van der Waals surface area contributed by atoms with Crippen molar-refractivity contribution in [3.8, 4) is 5.88 Å². The van der Waals surface area contributed by atoms with Crippen molar-refractivity contribution >= 4 is 33.1 Å². The van der Waals surface area contributed by atoms with E-state index in [1.165, 1.54) is 0 Å². The van der Waals surface area contributed by atoms with Gasteiger partial charge in [0.2, 0.25) is 5.88 Å². The Balaban J connectivity index is 2.36. The van der Waals surface area contributed by atoms with Crippen LogP contribution in [0.25, 0.3) is 0 Å². The van der Waals surface area contributed by atoms with Crippen LogP contribution in [0.5, 0.6) is 5.88 Å². The summed E-state index contributed by atoms with van der Waals surface area (Å²) in [6, 6.07) is 7.73. The van der Waals surface area contributed by atoms with E-state index in [0.29, 0.717) is 17.4 Å². The molecule has 19 heavy (non-hydrogen) atoms. The standard InChI is InChI=1S/C14H16BrN3O/c1-8-6-10(15)7-9(2)13(8)17-12-5-4-11(16)14(18-12)19-3/h4-7H,16H2,1-3H3,(H,17,18). The molecule has 2 rings (SSSR count). The molecule has 0 atom stereocenters. The van der Waals surface area contributed by atoms with Crippen LogP contribution in [-0.4, -0.2) is 12.1 Å². The number of nitrogens with zero attached hydrogens (tertiary/aromatic N) is 1. The maximum absolute atomic E-state index is 5.75. The highest BCUT2D eigenvalue weighted by Crippen LogP contribution is 2.29. The van der Waals surface area contributed by atoms with E-state index in [4.69, 9.17) is 10.5 Å². The summed E-state index contributed by atoms with van der Waals surface area (Å²) in [5.74, 6) is 1.14. The van der Waals surface area contributed by atoms with E-state index in [1.807, 2.05) is 6.07 Å². The summed E-state index contributed by atoms with van der Waals surface area (Å²) >= 11 is 3.48. The number of rotatable bonds is 3. The summed E-state index contributed by atoms with van der Waals surface area (Å²) in [6.07, 6.45) is 0. The number of nitrogen functional groups attached to an aromatic ring is 1. The van der Waals surface area contributed by atoms with Gasteiger partial charge >= 0.3 is 0 Å². The van der Waals surface area contributed by atoms with Gasteiger partial charge in [0, 0.05) is 10.2 Å². The van der Waals surface area contributed by atoms with Crippen molar-refractivity contribution in [1.29, 1.82) is 0 Å². The number of benzene rings is 1. The Kier molecular flexibility index (Phi) is 3.95. The van der Waals surface area contributed by atoms with Crippen LogP contribution in [0.15, 0.2) is 28.7 Å². The third-order valence-corrected chi connectivity index (χ3v) is 3.29. The summed E-state index contributed by atoms with van der Waals surface area (Å²) in [4.78, 5) is 4.32. The van der Waals surface area contributed by atoms with Gasteiger partial charge in [-0.05, 0) is 49.2 Å². The van der Waals surface area contributed by atoms with Crippen molar-refractivity contribution in [3.63, 3.8) is 0 Å². The number of ether oxygens (including phenoxy) is 1. The van der Waals surface area contributed by atoms with Crippen LogP contribution in [0.2, 0.25) is 0 Å². The molecule has 1 aromatic heterocycles. The lowest BCUT2D eigenvalue weighted by Gasteiger charge is -2.14. The summed E-state index contributed by atoms with van der Waals surface area (Å²) < 4.78 is 6.18. The van der Waals surface area contributed by atoms with Gasteiger partial charge in [-0.15, -0.1) is 0 Å². The zero-order chi connectivity index (χ0) is 14.0. The minimum absolute atomic E-state index is 0.428. The molecule has 0 spiro atoms. The molecule has 0 radical (unpaired) electrons. The maximum Gasteiger partial charge on any atom is 0.238 e. The summed E-state index contributed by atoms with van der Waals surface area (Å²) in [6.45, 7) is 4.10. The number of hydrogen-bond acceptors (Lipinski definition) is 4. The molecule has 3 N–H and O–H groups in total. The Morgan fingerprint density at radius 3 is 2.42 bits per heavy atom. The molecule has 0 aliphatic heterocycles. The van der Waals surface area contributed by atoms with Gasteiger partial charge in [0.15, 0.2) is 0 Å². The van der Waals surface area contributed by atoms with E-state index < -0.39 is 0 Å². The van der Waals surface area contributed by atoms with Crippen molar-refractivity contribution in [2.24, 2.45) is 0 Å². The van der Waals surface area contributed by atoms with Crippen LogP contribution in [0.4, 0.5) is 17.2 Å². The van der Waals surface area contributed by atoms with E-state index in [1.54, 1.807) is 13.2 Å². The summed E-state index contributed by atoms with van der Waals surface area (Å²) in [7, 11) is 1.55. The lowest BCUT2D eigenvalue weighted by atomic mass is 10.1. The Bertz CT molecular complexity index is 591. The third kappa shape index (κ3) is 2.98. The fraction of sp³-hybridized carbons (Fsp3) is 0.214. The van der Waals surface area contributed by atoms with E-state index in [9.17, 15) is 0 Å². The van der Waals surface area contributed by atoms with E-state index in [2.05, 4.69) is 52.2 Å². The number of hydrogen-bond donors (Lipinski definition) is 2. The van der Waals surface area contributed by atoms with Crippen LogP contribution in [-0.2, 0) is 0 Å². The van der Waals surface area contributed by atoms with Gasteiger partial charge in [-0.25, -0.2) is 0 Å². The molecule has 1 aromatic carbocycles. The second-order valence-corrected chi connectivity index (χ2v) is 5.25. The van der Waals surface area contributed by atoms with Gasteiger partial charge in [-0.2, -0.15) is 4.98 Å². The summed E-state index contributed by atoms with van der Waals surface area (Å²) in [5.41, 5.74) is 9.61. The second kappa shape index (κ2) is 5.48. The van der Waals surface area contributed by atoms with Crippen molar-refractivity contribution in [2.75, 3.05) is 18.2 Å². The molecule has 1 heterocycles. The highest BCUT2D eigenvalue weighted by Gasteiger charge is 2.07. The zero-order valence-electron chi connectivity index (χ0n) is 11.1. The average Bonchev–Trinajstić information content (AvgIpc) is 2.35. The largest absolute Gasteiger partial charge is 0.479 e. The quantitative estimate of drug-likeness (QED) is 0.902. The number of aryl methyl sites for hydroxylation is 2. The number of anilines is 3. The molecule has 0 saturated heterocycles.